The molecule has 4 nitrogen and oxygen atoms in total. The van der Waals surface area contributed by atoms with Crippen molar-refractivity contribution in [3.05, 3.63) is 29.3 Å². The fraction of sp³-hybridized carbons (Fsp3) is 0.533. The minimum Gasteiger partial charge on any atom is -0.492 e. The predicted molar refractivity (Wildman–Crippen MR) is 87.1 cm³/mol. The molecule has 2 rings (SSSR count). The van der Waals surface area contributed by atoms with Crippen LogP contribution in [0.15, 0.2) is 24.3 Å². The van der Waals surface area contributed by atoms with Crippen LogP contribution in [0.3, 0.4) is 0 Å². The molecule has 0 aromatic heterocycles. The first-order valence-electron chi connectivity index (χ1n) is 7.07. The zero-order chi connectivity index (χ0) is 14.4. The van der Waals surface area contributed by atoms with Gasteiger partial charge in [-0.25, -0.2) is 0 Å². The lowest BCUT2D eigenvalue weighted by Gasteiger charge is -2.17. The van der Waals surface area contributed by atoms with Gasteiger partial charge in [0.15, 0.2) is 0 Å². The van der Waals surface area contributed by atoms with Crippen LogP contribution in [0.5, 0.6) is 5.75 Å². The molecule has 3 N–H and O–H groups in total. The van der Waals surface area contributed by atoms with Crippen LogP contribution < -0.4 is 15.8 Å². The van der Waals surface area contributed by atoms with Gasteiger partial charge in [0.25, 0.3) is 0 Å². The lowest BCUT2D eigenvalue weighted by atomic mass is 9.95. The Hall–Kier alpha value is -0.970. The zero-order valence-corrected chi connectivity index (χ0v) is 13.5. The maximum atomic E-state index is 12.0. The summed E-state index contributed by atoms with van der Waals surface area (Å²) in [5.74, 6) is 1.23. The minimum absolute atomic E-state index is 0. The quantitative estimate of drug-likeness (QED) is 0.787. The number of carbonyl (C=O) groups is 1. The molecule has 0 saturated heterocycles. The maximum absolute atomic E-state index is 12.0. The van der Waals surface area contributed by atoms with Crippen molar-refractivity contribution in [3.63, 3.8) is 0 Å². The van der Waals surface area contributed by atoms with Crippen molar-refractivity contribution in [1.82, 2.24) is 5.32 Å². The lowest BCUT2D eigenvalue weighted by molar-refractivity contribution is -0.126. The van der Waals surface area contributed by atoms with Crippen molar-refractivity contribution < 1.29 is 9.53 Å². The molecule has 0 spiro atoms. The fourth-order valence-electron chi connectivity index (χ4n) is 2.70. The largest absolute Gasteiger partial charge is 0.492 e. The molecule has 1 saturated carbocycles. The molecule has 1 amide bonds. The SMILES string of the molecule is Cl.NC[C@H]1CCC[C@H]1C(=O)NCCOc1cccc(Cl)c1. The number of carbonyl (C=O) groups excluding carboxylic acids is 1. The molecule has 0 aliphatic heterocycles. The molecule has 1 aromatic carbocycles. The molecule has 2 atom stereocenters. The molecular weight excluding hydrogens is 311 g/mol. The Labute approximate surface area is 136 Å². The smallest absolute Gasteiger partial charge is 0.223 e. The van der Waals surface area contributed by atoms with Crippen LogP contribution in [-0.4, -0.2) is 25.6 Å². The van der Waals surface area contributed by atoms with E-state index < -0.39 is 0 Å². The number of benzene rings is 1. The first kappa shape index (κ1) is 18.1. The summed E-state index contributed by atoms with van der Waals surface area (Å²) in [5, 5.41) is 3.56. The molecule has 21 heavy (non-hydrogen) atoms. The highest BCUT2D eigenvalue weighted by Crippen LogP contribution is 2.30. The summed E-state index contributed by atoms with van der Waals surface area (Å²) in [6.07, 6.45) is 3.11. The summed E-state index contributed by atoms with van der Waals surface area (Å²) >= 11 is 5.86. The van der Waals surface area contributed by atoms with E-state index in [1.54, 1.807) is 12.1 Å². The summed E-state index contributed by atoms with van der Waals surface area (Å²) in [6, 6.07) is 7.23. The normalized spacial score (nSPS) is 20.7. The standard InChI is InChI=1S/C15H21ClN2O2.ClH/c16-12-4-2-5-13(9-12)20-8-7-18-15(19)14-6-1-3-11(14)10-17;/h2,4-5,9,11,14H,1,3,6-8,10,17H2,(H,18,19);1H/t11-,14-;/m1./s1. The predicted octanol–water partition coefficient (Wildman–Crippen LogP) is 2.63. The number of halogens is 2. The number of hydrogen-bond acceptors (Lipinski definition) is 3. The van der Waals surface area contributed by atoms with Crippen molar-refractivity contribution in [3.8, 4) is 5.75 Å². The van der Waals surface area contributed by atoms with Gasteiger partial charge < -0.3 is 15.8 Å². The Morgan fingerprint density at radius 1 is 1.43 bits per heavy atom. The number of rotatable bonds is 6. The highest BCUT2D eigenvalue weighted by atomic mass is 35.5. The van der Waals surface area contributed by atoms with Gasteiger partial charge in [-0.1, -0.05) is 24.1 Å². The Morgan fingerprint density at radius 2 is 2.24 bits per heavy atom. The number of amides is 1. The summed E-state index contributed by atoms with van der Waals surface area (Å²) in [6.45, 7) is 1.53. The third-order valence-electron chi connectivity index (χ3n) is 3.76. The molecule has 1 aliphatic carbocycles. The minimum atomic E-state index is 0. The average Bonchev–Trinajstić information content (AvgIpc) is 2.92. The van der Waals surface area contributed by atoms with Crippen LogP contribution in [-0.2, 0) is 4.79 Å². The topological polar surface area (TPSA) is 64.4 Å². The van der Waals surface area contributed by atoms with Gasteiger partial charge in [-0.2, -0.15) is 0 Å². The van der Waals surface area contributed by atoms with Crippen LogP contribution in [0.1, 0.15) is 19.3 Å². The molecule has 1 aromatic rings. The van der Waals surface area contributed by atoms with Crippen molar-refractivity contribution in [1.29, 1.82) is 0 Å². The van der Waals surface area contributed by atoms with Crippen LogP contribution in [0, 0.1) is 11.8 Å². The summed E-state index contributed by atoms with van der Waals surface area (Å²) in [7, 11) is 0. The van der Waals surface area contributed by atoms with Crippen molar-refractivity contribution >= 4 is 29.9 Å². The number of nitrogens with one attached hydrogen (secondary N) is 1. The van der Waals surface area contributed by atoms with Crippen molar-refractivity contribution in [2.45, 2.75) is 19.3 Å². The van der Waals surface area contributed by atoms with E-state index in [4.69, 9.17) is 22.1 Å². The van der Waals surface area contributed by atoms with E-state index in [9.17, 15) is 4.79 Å². The maximum Gasteiger partial charge on any atom is 0.223 e. The second-order valence-electron chi connectivity index (χ2n) is 5.13. The van der Waals surface area contributed by atoms with Crippen LogP contribution in [0.2, 0.25) is 5.02 Å². The summed E-state index contributed by atoms with van der Waals surface area (Å²) in [5.41, 5.74) is 5.69. The van der Waals surface area contributed by atoms with E-state index in [2.05, 4.69) is 5.32 Å². The second kappa shape index (κ2) is 9.13. The number of nitrogens with two attached hydrogens (primary N) is 1. The Balaban J connectivity index is 0.00000220. The average molecular weight is 333 g/mol. The molecule has 0 heterocycles. The first-order chi connectivity index (χ1) is 9.70. The molecular formula is C15H22Cl2N2O2. The van der Waals surface area contributed by atoms with Crippen molar-refractivity contribution in [2.24, 2.45) is 17.6 Å². The van der Waals surface area contributed by atoms with Gasteiger partial charge in [0.2, 0.25) is 5.91 Å². The molecule has 1 aliphatic rings. The number of hydrogen-bond donors (Lipinski definition) is 2. The molecule has 118 valence electrons. The van der Waals surface area contributed by atoms with Crippen LogP contribution in [0.4, 0.5) is 0 Å². The third kappa shape index (κ3) is 5.38. The van der Waals surface area contributed by atoms with Gasteiger partial charge in [-0.15, -0.1) is 12.4 Å². The van der Waals surface area contributed by atoms with Gasteiger partial charge in [-0.3, -0.25) is 4.79 Å². The van der Waals surface area contributed by atoms with E-state index >= 15 is 0 Å². The van der Waals surface area contributed by atoms with Gasteiger partial charge >= 0.3 is 0 Å². The fourth-order valence-corrected chi connectivity index (χ4v) is 2.88. The highest BCUT2D eigenvalue weighted by molar-refractivity contribution is 6.30. The summed E-state index contributed by atoms with van der Waals surface area (Å²) < 4.78 is 5.53. The molecule has 0 bridgehead atoms. The lowest BCUT2D eigenvalue weighted by Crippen LogP contribution is -2.37. The van der Waals surface area contributed by atoms with E-state index in [0.717, 1.165) is 19.3 Å². The number of ether oxygens (including phenoxy) is 1. The van der Waals surface area contributed by atoms with Gasteiger partial charge in [0.05, 0.1) is 6.54 Å². The second-order valence-corrected chi connectivity index (χ2v) is 5.57. The Bertz CT molecular complexity index is 457. The monoisotopic (exact) mass is 332 g/mol. The van der Waals surface area contributed by atoms with E-state index in [1.165, 1.54) is 0 Å². The molecule has 0 radical (unpaired) electrons. The zero-order valence-electron chi connectivity index (χ0n) is 11.9. The van der Waals surface area contributed by atoms with E-state index in [1.807, 2.05) is 12.1 Å². The van der Waals surface area contributed by atoms with E-state index in [0.29, 0.717) is 36.4 Å². The summed E-state index contributed by atoms with van der Waals surface area (Å²) in [4.78, 5) is 12.0. The van der Waals surface area contributed by atoms with Gasteiger partial charge in [0, 0.05) is 10.9 Å². The first-order valence-corrected chi connectivity index (χ1v) is 7.44. The van der Waals surface area contributed by atoms with Gasteiger partial charge in [-0.05, 0) is 43.5 Å². The highest BCUT2D eigenvalue weighted by Gasteiger charge is 2.31. The Morgan fingerprint density at radius 3 is 2.95 bits per heavy atom. The van der Waals surface area contributed by atoms with Gasteiger partial charge in [0.1, 0.15) is 12.4 Å². The molecule has 0 unspecified atom stereocenters. The van der Waals surface area contributed by atoms with Crippen LogP contribution >= 0.6 is 24.0 Å². The molecule has 1 fully saturated rings. The van der Waals surface area contributed by atoms with E-state index in [-0.39, 0.29) is 24.2 Å². The van der Waals surface area contributed by atoms with Crippen molar-refractivity contribution in [2.75, 3.05) is 19.7 Å². The Kier molecular flexibility index (Phi) is 7.86. The van der Waals surface area contributed by atoms with Crippen LogP contribution in [0.25, 0.3) is 0 Å². The molecule has 6 heteroatoms. The third-order valence-corrected chi connectivity index (χ3v) is 4.00.